The quantitative estimate of drug-likeness (QED) is 0.345. The Morgan fingerprint density at radius 1 is 1.22 bits per heavy atom. The molecule has 0 spiro atoms. The van der Waals surface area contributed by atoms with Gasteiger partial charge in [0.25, 0.3) is 5.97 Å². The fraction of sp³-hybridized carbons (Fsp3) is 0.500. The SMILES string of the molecule is CC(=O)O.O.O.O.O.[H-].[Na+]. The Kier molecular flexibility index (Phi) is 264. The first-order valence-electron chi connectivity index (χ1n) is 0.928. The van der Waals surface area contributed by atoms with E-state index in [9.17, 15) is 0 Å². The average molecular weight is 156 g/mol. The van der Waals surface area contributed by atoms with Gasteiger partial charge in [-0.25, -0.2) is 0 Å². The fourth-order valence-corrected chi connectivity index (χ4v) is 0. The first-order chi connectivity index (χ1) is 1.73. The largest absolute Gasteiger partial charge is 1.00 e. The minimum Gasteiger partial charge on any atom is -1.00 e. The maximum atomic E-state index is 9.00. The summed E-state index contributed by atoms with van der Waals surface area (Å²) in [5.41, 5.74) is 0. The summed E-state index contributed by atoms with van der Waals surface area (Å²) in [4.78, 5) is 9.00. The predicted octanol–water partition coefficient (Wildman–Crippen LogP) is -6.09. The van der Waals surface area contributed by atoms with Gasteiger partial charge in [-0.2, -0.15) is 0 Å². The summed E-state index contributed by atoms with van der Waals surface area (Å²) in [6.07, 6.45) is 0. The van der Waals surface area contributed by atoms with Crippen LogP contribution in [0, 0.1) is 0 Å². The molecule has 0 amide bonds. The van der Waals surface area contributed by atoms with Crippen LogP contribution in [0.1, 0.15) is 8.35 Å². The Hall–Kier alpha value is 0.310. The van der Waals surface area contributed by atoms with Crippen LogP contribution in [0.4, 0.5) is 0 Å². The van der Waals surface area contributed by atoms with Crippen LogP contribution in [-0.2, 0) is 4.79 Å². The summed E-state index contributed by atoms with van der Waals surface area (Å²) < 4.78 is 0. The molecule has 6 nitrogen and oxygen atoms in total. The number of aliphatic carboxylic acids is 1. The molecule has 0 unspecified atom stereocenters. The van der Waals surface area contributed by atoms with Crippen molar-refractivity contribution in [3.05, 3.63) is 0 Å². The van der Waals surface area contributed by atoms with E-state index in [4.69, 9.17) is 9.90 Å². The van der Waals surface area contributed by atoms with Crippen LogP contribution >= 0.6 is 0 Å². The number of carboxylic acids is 1. The number of carboxylic acid groups (broad SMARTS) is 1. The molecule has 0 aliphatic heterocycles. The van der Waals surface area contributed by atoms with Gasteiger partial charge in [0.2, 0.25) is 0 Å². The monoisotopic (exact) mass is 156 g/mol. The minimum absolute atomic E-state index is 0. The number of rotatable bonds is 0. The van der Waals surface area contributed by atoms with Crippen molar-refractivity contribution in [1.29, 1.82) is 0 Å². The first kappa shape index (κ1) is 58.7. The van der Waals surface area contributed by atoms with Gasteiger partial charge in [-0.1, -0.05) is 0 Å². The molecular weight excluding hydrogens is 143 g/mol. The van der Waals surface area contributed by atoms with E-state index >= 15 is 0 Å². The zero-order chi connectivity index (χ0) is 3.58. The molecule has 9 heavy (non-hydrogen) atoms. The molecule has 0 saturated heterocycles. The number of hydrogen-bond donors (Lipinski definition) is 1. The maximum Gasteiger partial charge on any atom is 1.00 e. The summed E-state index contributed by atoms with van der Waals surface area (Å²) in [5.74, 6) is -0.833. The molecule has 0 rings (SSSR count). The van der Waals surface area contributed by atoms with Crippen molar-refractivity contribution in [3.8, 4) is 0 Å². The van der Waals surface area contributed by atoms with Gasteiger partial charge in [0.05, 0.1) is 0 Å². The molecule has 0 radical (unpaired) electrons. The molecule has 0 aromatic rings. The van der Waals surface area contributed by atoms with Crippen LogP contribution in [0.5, 0.6) is 0 Å². The van der Waals surface area contributed by atoms with Crippen molar-refractivity contribution in [1.82, 2.24) is 0 Å². The van der Waals surface area contributed by atoms with E-state index in [1.807, 2.05) is 0 Å². The summed E-state index contributed by atoms with van der Waals surface area (Å²) in [5, 5.41) is 7.42. The second kappa shape index (κ2) is 40.5. The van der Waals surface area contributed by atoms with E-state index in [2.05, 4.69) is 0 Å². The van der Waals surface area contributed by atoms with Crippen LogP contribution in [-0.4, -0.2) is 33.0 Å². The van der Waals surface area contributed by atoms with Gasteiger partial charge >= 0.3 is 29.6 Å². The van der Waals surface area contributed by atoms with Gasteiger partial charge in [-0.3, -0.25) is 4.79 Å². The van der Waals surface area contributed by atoms with Crippen LogP contribution in [0.2, 0.25) is 0 Å². The van der Waals surface area contributed by atoms with Crippen LogP contribution in [0.25, 0.3) is 0 Å². The standard InChI is InChI=1S/C2H4O2.Na.4H2O.H/c1-2(3)4;;;;;;/h1H3,(H,3,4);;4*1H2;/q;+1;;;;;-1. The van der Waals surface area contributed by atoms with Crippen molar-refractivity contribution in [3.63, 3.8) is 0 Å². The number of carbonyl (C=O) groups is 1. The molecule has 0 bridgehead atoms. The molecule has 7 heteroatoms. The summed E-state index contributed by atoms with van der Waals surface area (Å²) in [6, 6.07) is 0. The Bertz CT molecular complexity index is 38.7. The summed E-state index contributed by atoms with van der Waals surface area (Å²) in [7, 11) is 0. The van der Waals surface area contributed by atoms with E-state index in [0.717, 1.165) is 6.92 Å². The van der Waals surface area contributed by atoms with Crippen molar-refractivity contribution in [2.45, 2.75) is 6.92 Å². The van der Waals surface area contributed by atoms with Crippen LogP contribution in [0.15, 0.2) is 0 Å². The molecule has 0 aromatic carbocycles. The third-order valence-electron chi connectivity index (χ3n) is 0. The second-order valence-electron chi connectivity index (χ2n) is 0.519. The fourth-order valence-electron chi connectivity index (χ4n) is 0. The van der Waals surface area contributed by atoms with Gasteiger partial charge in [-0.05, 0) is 0 Å². The smallest absolute Gasteiger partial charge is 1.00 e. The predicted molar refractivity (Wildman–Crippen MR) is 28.9 cm³/mol. The topological polar surface area (TPSA) is 163 Å². The van der Waals surface area contributed by atoms with Crippen LogP contribution in [0.3, 0.4) is 0 Å². The molecule has 0 aliphatic carbocycles. The minimum atomic E-state index is -0.833. The molecular formula is C2H13NaO6. The van der Waals surface area contributed by atoms with Crippen molar-refractivity contribution in [2.24, 2.45) is 0 Å². The second-order valence-corrected chi connectivity index (χ2v) is 0.519. The first-order valence-corrected chi connectivity index (χ1v) is 0.928. The van der Waals surface area contributed by atoms with Gasteiger partial charge in [0, 0.05) is 6.92 Å². The third-order valence-corrected chi connectivity index (χ3v) is 0. The molecule has 0 heterocycles. The van der Waals surface area contributed by atoms with E-state index in [1.54, 1.807) is 0 Å². The molecule has 9 N–H and O–H groups in total. The van der Waals surface area contributed by atoms with E-state index in [-0.39, 0.29) is 52.9 Å². The Balaban J connectivity index is -0.00000000300. The van der Waals surface area contributed by atoms with Gasteiger partial charge in [0.15, 0.2) is 0 Å². The van der Waals surface area contributed by atoms with E-state index in [1.165, 1.54) is 0 Å². The van der Waals surface area contributed by atoms with E-state index in [0.29, 0.717) is 0 Å². The van der Waals surface area contributed by atoms with Crippen molar-refractivity contribution >= 4 is 5.97 Å². The molecule has 0 saturated carbocycles. The Morgan fingerprint density at radius 3 is 1.22 bits per heavy atom. The van der Waals surface area contributed by atoms with Gasteiger partial charge < -0.3 is 28.4 Å². The van der Waals surface area contributed by atoms with E-state index < -0.39 is 5.97 Å². The van der Waals surface area contributed by atoms with Crippen molar-refractivity contribution in [2.75, 3.05) is 0 Å². The normalized spacial score (nSPS) is 2.78. The Morgan fingerprint density at radius 2 is 1.22 bits per heavy atom. The van der Waals surface area contributed by atoms with Crippen LogP contribution < -0.4 is 29.6 Å². The molecule has 58 valence electrons. The molecule has 0 aromatic heterocycles. The zero-order valence-electron chi connectivity index (χ0n) is 6.36. The number of hydrogen-bond acceptors (Lipinski definition) is 1. The summed E-state index contributed by atoms with van der Waals surface area (Å²) >= 11 is 0. The zero-order valence-corrected chi connectivity index (χ0v) is 7.36. The molecule has 0 aliphatic rings. The van der Waals surface area contributed by atoms with Crippen molar-refractivity contribution < 1.29 is 62.8 Å². The maximum absolute atomic E-state index is 9.00. The van der Waals surface area contributed by atoms with Gasteiger partial charge in [0.1, 0.15) is 0 Å². The summed E-state index contributed by atoms with van der Waals surface area (Å²) in [6.45, 7) is 1.08. The molecule has 0 atom stereocenters. The Labute approximate surface area is 75.9 Å². The van der Waals surface area contributed by atoms with Gasteiger partial charge in [-0.15, -0.1) is 0 Å². The molecule has 0 fully saturated rings. The third kappa shape index (κ3) is 3440. The average Bonchev–Trinajstić information content (AvgIpc) is 0.811.